The van der Waals surface area contributed by atoms with E-state index in [2.05, 4.69) is 5.32 Å². The highest BCUT2D eigenvalue weighted by Crippen LogP contribution is 2.30. The van der Waals surface area contributed by atoms with Crippen LogP contribution in [0.4, 0.5) is 5.69 Å². The molecule has 2 aromatic carbocycles. The zero-order chi connectivity index (χ0) is 22.9. The summed E-state index contributed by atoms with van der Waals surface area (Å²) in [6.07, 6.45) is 0. The second-order valence-electron chi connectivity index (χ2n) is 7.63. The van der Waals surface area contributed by atoms with Gasteiger partial charge in [0.1, 0.15) is 18.0 Å². The van der Waals surface area contributed by atoms with Gasteiger partial charge in [-0.15, -0.1) is 11.3 Å². The second-order valence-corrected chi connectivity index (χ2v) is 8.57. The van der Waals surface area contributed by atoms with E-state index in [9.17, 15) is 14.4 Å². The first-order chi connectivity index (χ1) is 16.0. The number of nitrogens with zero attached hydrogens (tertiary/aromatic N) is 2. The maximum absolute atomic E-state index is 13.0. The molecule has 3 amide bonds. The Morgan fingerprint density at radius 1 is 1.06 bits per heavy atom. The molecule has 0 saturated heterocycles. The monoisotopic (exact) mass is 459 g/mol. The van der Waals surface area contributed by atoms with E-state index >= 15 is 0 Å². The van der Waals surface area contributed by atoms with Crippen LogP contribution in [-0.2, 0) is 17.9 Å². The van der Waals surface area contributed by atoms with Crippen molar-refractivity contribution in [3.63, 3.8) is 0 Å². The van der Waals surface area contributed by atoms with Crippen molar-refractivity contribution in [3.8, 4) is 5.75 Å². The standard InChI is InChI=1S/C25H21N3O4S/c1-2-32-19-9-3-16(4-10-19)14-26-24(30)17-5-7-18(8-6-17)28-23(29)15-27-20-11-12-33-22(20)13-21(27)25(28)31/h3-13H,2,14-15H2,1H3,(H,26,30). The molecule has 0 radical (unpaired) electrons. The van der Waals surface area contributed by atoms with Crippen molar-refractivity contribution in [1.29, 1.82) is 0 Å². The summed E-state index contributed by atoms with van der Waals surface area (Å²) in [6.45, 7) is 3.01. The highest BCUT2D eigenvalue weighted by Gasteiger charge is 2.33. The normalized spacial score (nSPS) is 13.3. The number of imide groups is 1. The minimum absolute atomic E-state index is 0.103. The fourth-order valence-electron chi connectivity index (χ4n) is 3.94. The Balaban J connectivity index is 1.28. The van der Waals surface area contributed by atoms with Crippen LogP contribution >= 0.6 is 11.3 Å². The number of anilines is 1. The van der Waals surface area contributed by atoms with Crippen LogP contribution in [0.1, 0.15) is 33.3 Å². The first-order valence-corrected chi connectivity index (χ1v) is 11.5. The molecule has 0 bridgehead atoms. The van der Waals surface area contributed by atoms with E-state index < -0.39 is 0 Å². The molecule has 4 aromatic rings. The van der Waals surface area contributed by atoms with Gasteiger partial charge < -0.3 is 14.6 Å². The van der Waals surface area contributed by atoms with Crippen LogP contribution in [0.5, 0.6) is 5.75 Å². The molecule has 0 aliphatic carbocycles. The number of carbonyl (C=O) groups excluding carboxylic acids is 3. The van der Waals surface area contributed by atoms with Gasteiger partial charge in [0.05, 0.1) is 22.5 Å². The fraction of sp³-hybridized carbons (Fsp3) is 0.160. The van der Waals surface area contributed by atoms with E-state index in [0.717, 1.165) is 21.5 Å². The Kier molecular flexibility index (Phi) is 5.43. The van der Waals surface area contributed by atoms with Crippen LogP contribution in [0, 0.1) is 0 Å². The van der Waals surface area contributed by atoms with Gasteiger partial charge in [0.25, 0.3) is 17.7 Å². The lowest BCUT2D eigenvalue weighted by atomic mass is 10.1. The van der Waals surface area contributed by atoms with Crippen LogP contribution in [0.3, 0.4) is 0 Å². The number of thiophene rings is 1. The maximum Gasteiger partial charge on any atom is 0.281 e. The molecule has 33 heavy (non-hydrogen) atoms. The van der Waals surface area contributed by atoms with E-state index in [4.69, 9.17) is 4.74 Å². The number of benzene rings is 2. The molecular formula is C25H21N3O4S. The van der Waals surface area contributed by atoms with Crippen molar-refractivity contribution in [2.24, 2.45) is 0 Å². The van der Waals surface area contributed by atoms with Gasteiger partial charge in [0.2, 0.25) is 0 Å². The molecule has 1 aliphatic rings. The van der Waals surface area contributed by atoms with E-state index in [1.807, 2.05) is 48.7 Å². The number of carbonyl (C=O) groups is 3. The first kappa shape index (κ1) is 21.0. The number of hydrogen-bond acceptors (Lipinski definition) is 5. The van der Waals surface area contributed by atoms with E-state index in [-0.39, 0.29) is 24.3 Å². The minimum Gasteiger partial charge on any atom is -0.494 e. The van der Waals surface area contributed by atoms with Crippen LogP contribution in [-0.4, -0.2) is 28.9 Å². The van der Waals surface area contributed by atoms with Crippen molar-refractivity contribution in [2.45, 2.75) is 20.0 Å². The number of aromatic nitrogens is 1. The molecule has 0 fully saturated rings. The summed E-state index contributed by atoms with van der Waals surface area (Å²) in [5, 5.41) is 4.82. The summed E-state index contributed by atoms with van der Waals surface area (Å²) in [5.41, 5.74) is 3.25. The first-order valence-electron chi connectivity index (χ1n) is 10.6. The van der Waals surface area contributed by atoms with E-state index in [0.29, 0.717) is 30.1 Å². The highest BCUT2D eigenvalue weighted by molar-refractivity contribution is 7.17. The van der Waals surface area contributed by atoms with Crippen molar-refractivity contribution >= 4 is 45.0 Å². The van der Waals surface area contributed by atoms with Crippen molar-refractivity contribution < 1.29 is 19.1 Å². The minimum atomic E-state index is -0.359. The smallest absolute Gasteiger partial charge is 0.281 e. The van der Waals surface area contributed by atoms with Crippen LogP contribution in [0.2, 0.25) is 0 Å². The van der Waals surface area contributed by atoms with Gasteiger partial charge in [-0.05, 0) is 66.4 Å². The third-order valence-corrected chi connectivity index (χ3v) is 6.42. The Labute approximate surface area is 194 Å². The van der Waals surface area contributed by atoms with Crippen molar-refractivity contribution in [1.82, 2.24) is 9.88 Å². The van der Waals surface area contributed by atoms with Gasteiger partial charge in [0.15, 0.2) is 0 Å². The Bertz CT molecular complexity index is 1350. The number of ether oxygens (including phenoxy) is 1. The number of hydrogen-bond donors (Lipinski definition) is 1. The zero-order valence-electron chi connectivity index (χ0n) is 17.9. The highest BCUT2D eigenvalue weighted by atomic mass is 32.1. The Morgan fingerprint density at radius 3 is 2.55 bits per heavy atom. The zero-order valence-corrected chi connectivity index (χ0v) is 18.7. The molecule has 166 valence electrons. The molecule has 0 spiro atoms. The Morgan fingerprint density at radius 2 is 1.82 bits per heavy atom. The number of nitrogens with one attached hydrogen (secondary N) is 1. The summed E-state index contributed by atoms with van der Waals surface area (Å²) in [5.74, 6) is -0.107. The third-order valence-electron chi connectivity index (χ3n) is 5.56. The maximum atomic E-state index is 13.0. The van der Waals surface area contributed by atoms with Crippen LogP contribution in [0.25, 0.3) is 10.2 Å². The summed E-state index contributed by atoms with van der Waals surface area (Å²) in [6, 6.07) is 17.8. The quantitative estimate of drug-likeness (QED) is 0.438. The molecule has 0 saturated carbocycles. The van der Waals surface area contributed by atoms with Crippen LogP contribution in [0.15, 0.2) is 66.0 Å². The molecule has 1 N–H and O–H groups in total. The molecule has 5 rings (SSSR count). The average Bonchev–Trinajstić information content (AvgIpc) is 3.42. The fourth-order valence-corrected chi connectivity index (χ4v) is 4.76. The average molecular weight is 460 g/mol. The number of amides is 3. The largest absolute Gasteiger partial charge is 0.494 e. The predicted molar refractivity (Wildman–Crippen MR) is 127 cm³/mol. The lowest BCUT2D eigenvalue weighted by Gasteiger charge is -2.27. The van der Waals surface area contributed by atoms with Gasteiger partial charge in [-0.3, -0.25) is 14.4 Å². The Hall–Kier alpha value is -3.91. The van der Waals surface area contributed by atoms with E-state index in [1.54, 1.807) is 28.8 Å². The molecule has 2 aromatic heterocycles. The lowest BCUT2D eigenvalue weighted by Crippen LogP contribution is -2.44. The van der Waals surface area contributed by atoms with Crippen molar-refractivity contribution in [2.75, 3.05) is 11.5 Å². The summed E-state index contributed by atoms with van der Waals surface area (Å²) >= 11 is 1.54. The number of fused-ring (bicyclic) bond motifs is 3. The molecule has 1 aliphatic heterocycles. The van der Waals surface area contributed by atoms with E-state index in [1.165, 1.54) is 16.2 Å². The van der Waals surface area contributed by atoms with Crippen molar-refractivity contribution in [3.05, 3.63) is 82.9 Å². The molecule has 7 nitrogen and oxygen atoms in total. The van der Waals surface area contributed by atoms with Gasteiger partial charge >= 0.3 is 0 Å². The van der Waals surface area contributed by atoms with Gasteiger partial charge in [-0.2, -0.15) is 0 Å². The summed E-state index contributed by atoms with van der Waals surface area (Å²) in [4.78, 5) is 39.5. The SMILES string of the molecule is CCOc1ccc(CNC(=O)c2ccc(N3C(=O)Cn4c(cc5sccc54)C3=O)cc2)cc1. The molecule has 0 atom stereocenters. The predicted octanol–water partition coefficient (Wildman–Crippen LogP) is 4.22. The van der Waals surface area contributed by atoms with Gasteiger partial charge in [0, 0.05) is 12.1 Å². The van der Waals surface area contributed by atoms with Gasteiger partial charge in [-0.25, -0.2) is 4.90 Å². The number of rotatable bonds is 6. The second kappa shape index (κ2) is 8.55. The molecule has 0 unspecified atom stereocenters. The summed E-state index contributed by atoms with van der Waals surface area (Å²) in [7, 11) is 0. The molecule has 8 heteroatoms. The third kappa shape index (κ3) is 3.89. The summed E-state index contributed by atoms with van der Waals surface area (Å²) < 4.78 is 8.16. The molecular weight excluding hydrogens is 438 g/mol. The van der Waals surface area contributed by atoms with Gasteiger partial charge in [-0.1, -0.05) is 12.1 Å². The van der Waals surface area contributed by atoms with Crippen LogP contribution < -0.4 is 15.0 Å². The molecule has 3 heterocycles. The lowest BCUT2D eigenvalue weighted by molar-refractivity contribution is -0.118. The topological polar surface area (TPSA) is 80.6 Å².